The average Bonchev–Trinajstić information content (AvgIpc) is 2.66. The first-order valence-corrected chi connectivity index (χ1v) is 7.71. The molecule has 0 aromatic heterocycles. The highest BCUT2D eigenvalue weighted by Gasteiger charge is 2.12. The van der Waals surface area contributed by atoms with E-state index >= 15 is 0 Å². The van der Waals surface area contributed by atoms with Crippen LogP contribution in [0.15, 0.2) is 60.7 Å². The van der Waals surface area contributed by atoms with Crippen LogP contribution in [0.1, 0.15) is 5.56 Å². The maximum absolute atomic E-state index is 12.3. The number of carbonyl (C=O) groups excluding carboxylic acids is 1. The first-order valence-electron chi connectivity index (χ1n) is 7.71. The summed E-state index contributed by atoms with van der Waals surface area (Å²) in [5.41, 5.74) is 0.934. The molecule has 132 valence electrons. The Kier molecular flexibility index (Phi) is 6.40. The molecule has 6 heteroatoms. The molecule has 0 heterocycles. The number of carbonyl (C=O) groups is 1. The van der Waals surface area contributed by atoms with Gasteiger partial charge in [-0.25, -0.2) is 0 Å². The molecule has 2 aromatic rings. The molecule has 0 bridgehead atoms. The molecule has 0 aliphatic heterocycles. The van der Waals surface area contributed by atoms with Gasteiger partial charge in [0.15, 0.2) is 0 Å². The third-order valence-electron chi connectivity index (χ3n) is 3.37. The molecular formula is C20H18N2O4. The van der Waals surface area contributed by atoms with Crippen LogP contribution < -0.4 is 14.8 Å². The highest BCUT2D eigenvalue weighted by molar-refractivity contribution is 6.09. The molecule has 0 saturated heterocycles. The molecule has 26 heavy (non-hydrogen) atoms. The van der Waals surface area contributed by atoms with E-state index in [1.54, 1.807) is 24.3 Å². The van der Waals surface area contributed by atoms with Gasteiger partial charge in [-0.1, -0.05) is 12.7 Å². The molecule has 2 N–H and O–H groups in total. The Bertz CT molecular complexity index is 864. The second-order valence-electron chi connectivity index (χ2n) is 5.17. The van der Waals surface area contributed by atoms with Crippen molar-refractivity contribution in [3.8, 4) is 23.3 Å². The molecule has 0 saturated carbocycles. The van der Waals surface area contributed by atoms with E-state index in [1.807, 2.05) is 6.07 Å². The fourth-order valence-corrected chi connectivity index (χ4v) is 2.08. The number of ether oxygens (including phenoxy) is 2. The Hall–Kier alpha value is -3.72. The summed E-state index contributed by atoms with van der Waals surface area (Å²) in [6, 6.07) is 12.9. The molecule has 1 amide bonds. The Morgan fingerprint density at radius 3 is 2.65 bits per heavy atom. The van der Waals surface area contributed by atoms with E-state index in [4.69, 9.17) is 9.47 Å². The van der Waals surface area contributed by atoms with Crippen LogP contribution in [0.2, 0.25) is 0 Å². The lowest BCUT2D eigenvalue weighted by atomic mass is 10.1. The van der Waals surface area contributed by atoms with Crippen molar-refractivity contribution in [3.05, 3.63) is 66.3 Å². The number of benzene rings is 2. The zero-order chi connectivity index (χ0) is 18.9. The summed E-state index contributed by atoms with van der Waals surface area (Å²) in [5.74, 6) is 0.577. The van der Waals surface area contributed by atoms with E-state index in [9.17, 15) is 15.2 Å². The van der Waals surface area contributed by atoms with Crippen molar-refractivity contribution in [2.75, 3.05) is 19.0 Å². The largest absolute Gasteiger partial charge is 0.508 e. The van der Waals surface area contributed by atoms with Gasteiger partial charge in [0, 0.05) is 17.3 Å². The Morgan fingerprint density at radius 1 is 1.31 bits per heavy atom. The van der Waals surface area contributed by atoms with Crippen molar-refractivity contribution in [1.29, 1.82) is 5.26 Å². The van der Waals surface area contributed by atoms with Crippen molar-refractivity contribution >= 4 is 17.7 Å². The molecular weight excluding hydrogens is 332 g/mol. The number of nitrogens with zero attached hydrogens (tertiary/aromatic N) is 1. The van der Waals surface area contributed by atoms with E-state index < -0.39 is 5.91 Å². The minimum Gasteiger partial charge on any atom is -0.508 e. The summed E-state index contributed by atoms with van der Waals surface area (Å²) in [6.45, 7) is 3.87. The molecule has 0 spiro atoms. The number of amides is 1. The molecule has 6 nitrogen and oxygen atoms in total. The van der Waals surface area contributed by atoms with Gasteiger partial charge < -0.3 is 19.9 Å². The van der Waals surface area contributed by atoms with Gasteiger partial charge in [-0.3, -0.25) is 4.79 Å². The smallest absolute Gasteiger partial charge is 0.266 e. The minimum atomic E-state index is -0.566. The number of anilines is 1. The second-order valence-corrected chi connectivity index (χ2v) is 5.17. The molecule has 0 radical (unpaired) electrons. The number of hydrogen-bond donors (Lipinski definition) is 2. The van der Waals surface area contributed by atoms with Crippen LogP contribution in [0.25, 0.3) is 6.08 Å². The van der Waals surface area contributed by atoms with Gasteiger partial charge in [0.05, 0.1) is 7.11 Å². The van der Waals surface area contributed by atoms with Gasteiger partial charge in [0.25, 0.3) is 5.91 Å². The van der Waals surface area contributed by atoms with Gasteiger partial charge in [-0.2, -0.15) is 5.26 Å². The zero-order valence-corrected chi connectivity index (χ0v) is 14.2. The quantitative estimate of drug-likeness (QED) is 0.345. The van der Waals surface area contributed by atoms with Crippen LogP contribution in [-0.2, 0) is 4.79 Å². The molecule has 2 rings (SSSR count). The fraction of sp³-hybridized carbons (Fsp3) is 0.100. The standard InChI is InChI=1S/C20H18N2O4/c1-3-10-26-19-12-18(25-2)9-4-14(19)11-15(13-21)20(24)22-16-5-7-17(23)8-6-16/h3-9,11-12,23H,1,10H2,2H3,(H,22,24)/b15-11+. The number of phenolic OH excluding ortho intramolecular Hbond substituents is 1. The monoisotopic (exact) mass is 350 g/mol. The van der Waals surface area contributed by atoms with Gasteiger partial charge >= 0.3 is 0 Å². The highest BCUT2D eigenvalue weighted by atomic mass is 16.5. The fourth-order valence-electron chi connectivity index (χ4n) is 2.08. The number of rotatable bonds is 7. The minimum absolute atomic E-state index is 0.0845. The van der Waals surface area contributed by atoms with Crippen molar-refractivity contribution in [2.45, 2.75) is 0 Å². The molecule has 0 aliphatic carbocycles. The second kappa shape index (κ2) is 8.94. The summed E-state index contributed by atoms with van der Waals surface area (Å²) in [4.78, 5) is 12.3. The van der Waals surface area contributed by atoms with Crippen LogP contribution in [0, 0.1) is 11.3 Å². The molecule has 0 unspecified atom stereocenters. The molecule has 0 fully saturated rings. The zero-order valence-electron chi connectivity index (χ0n) is 14.2. The van der Waals surface area contributed by atoms with Crippen molar-refractivity contribution in [1.82, 2.24) is 0 Å². The maximum Gasteiger partial charge on any atom is 0.266 e. The Morgan fingerprint density at radius 2 is 2.04 bits per heavy atom. The van der Waals surface area contributed by atoms with Gasteiger partial charge in [0.2, 0.25) is 0 Å². The van der Waals surface area contributed by atoms with Crippen LogP contribution in [-0.4, -0.2) is 24.7 Å². The van der Waals surface area contributed by atoms with Crippen molar-refractivity contribution in [2.24, 2.45) is 0 Å². The highest BCUT2D eigenvalue weighted by Crippen LogP contribution is 2.27. The number of nitriles is 1. The number of phenols is 1. The van der Waals surface area contributed by atoms with Crippen LogP contribution in [0.5, 0.6) is 17.2 Å². The average molecular weight is 350 g/mol. The lowest BCUT2D eigenvalue weighted by molar-refractivity contribution is -0.112. The number of aromatic hydroxyl groups is 1. The summed E-state index contributed by atoms with van der Waals surface area (Å²) in [5, 5.41) is 21.2. The van der Waals surface area contributed by atoms with Crippen LogP contribution >= 0.6 is 0 Å². The van der Waals surface area contributed by atoms with E-state index in [0.29, 0.717) is 22.7 Å². The van der Waals surface area contributed by atoms with E-state index in [-0.39, 0.29) is 17.9 Å². The number of methoxy groups -OCH3 is 1. The summed E-state index contributed by atoms with van der Waals surface area (Å²) in [7, 11) is 1.54. The lowest BCUT2D eigenvalue weighted by Gasteiger charge is -2.10. The van der Waals surface area contributed by atoms with Gasteiger partial charge in [-0.05, 0) is 42.5 Å². The summed E-state index contributed by atoms with van der Waals surface area (Å²) >= 11 is 0. The topological polar surface area (TPSA) is 91.6 Å². The Balaban J connectivity index is 2.29. The van der Waals surface area contributed by atoms with Crippen molar-refractivity contribution < 1.29 is 19.4 Å². The number of nitrogens with one attached hydrogen (secondary N) is 1. The van der Waals surface area contributed by atoms with Crippen LogP contribution in [0.3, 0.4) is 0 Å². The predicted octanol–water partition coefficient (Wildman–Crippen LogP) is 3.51. The molecule has 0 atom stereocenters. The van der Waals surface area contributed by atoms with E-state index in [1.165, 1.54) is 37.5 Å². The summed E-state index contributed by atoms with van der Waals surface area (Å²) in [6.07, 6.45) is 3.03. The molecule has 2 aromatic carbocycles. The SMILES string of the molecule is C=CCOc1cc(OC)ccc1/C=C(\C#N)C(=O)Nc1ccc(O)cc1. The normalized spacial score (nSPS) is 10.5. The molecule has 0 aliphatic rings. The van der Waals surface area contributed by atoms with Crippen molar-refractivity contribution in [3.63, 3.8) is 0 Å². The third-order valence-corrected chi connectivity index (χ3v) is 3.37. The third kappa shape index (κ3) is 4.89. The first-order chi connectivity index (χ1) is 12.6. The van der Waals surface area contributed by atoms with E-state index in [0.717, 1.165) is 0 Å². The first kappa shape index (κ1) is 18.6. The number of hydrogen-bond acceptors (Lipinski definition) is 5. The van der Waals surface area contributed by atoms with Gasteiger partial charge in [-0.15, -0.1) is 0 Å². The Labute approximate surface area is 151 Å². The van der Waals surface area contributed by atoms with Gasteiger partial charge in [0.1, 0.15) is 35.5 Å². The maximum atomic E-state index is 12.3. The van der Waals surface area contributed by atoms with Crippen LogP contribution in [0.4, 0.5) is 5.69 Å². The predicted molar refractivity (Wildman–Crippen MR) is 99.0 cm³/mol. The van der Waals surface area contributed by atoms with E-state index in [2.05, 4.69) is 11.9 Å². The lowest BCUT2D eigenvalue weighted by Crippen LogP contribution is -2.13. The summed E-state index contributed by atoms with van der Waals surface area (Å²) < 4.78 is 10.7.